The van der Waals surface area contributed by atoms with E-state index in [-0.39, 0.29) is 0 Å². The molecule has 0 radical (unpaired) electrons. The van der Waals surface area contributed by atoms with E-state index in [0.717, 1.165) is 54.3 Å². The first-order valence-electron chi connectivity index (χ1n) is 10.4. The Bertz CT molecular complexity index is 872. The molecule has 6 heteroatoms. The van der Waals surface area contributed by atoms with Crippen LogP contribution in [0.15, 0.2) is 42.7 Å². The molecule has 4 rings (SSSR count). The average molecular weight is 433 g/mol. The molecule has 4 nitrogen and oxygen atoms in total. The maximum atomic E-state index is 6.23. The van der Waals surface area contributed by atoms with Crippen molar-refractivity contribution in [3.8, 4) is 22.5 Å². The number of hydrogen-bond acceptors (Lipinski definition) is 3. The molecular weight excluding hydrogens is 403 g/mol. The summed E-state index contributed by atoms with van der Waals surface area (Å²) in [6, 6.07) is 9.62. The molecule has 3 aromatic rings. The minimum atomic E-state index is 0.443. The van der Waals surface area contributed by atoms with Gasteiger partial charge in [0.15, 0.2) is 0 Å². The van der Waals surface area contributed by atoms with Crippen molar-refractivity contribution >= 4 is 23.2 Å². The molecule has 0 spiro atoms. The van der Waals surface area contributed by atoms with Gasteiger partial charge in [0.05, 0.1) is 21.4 Å². The quantitative estimate of drug-likeness (QED) is 0.469. The molecule has 1 aliphatic heterocycles. The van der Waals surface area contributed by atoms with Crippen LogP contribution in [0.5, 0.6) is 0 Å². The highest BCUT2D eigenvalue weighted by Gasteiger charge is 2.22. The fourth-order valence-electron chi connectivity index (χ4n) is 3.26. The second-order valence-electron chi connectivity index (χ2n) is 6.23. The van der Waals surface area contributed by atoms with Crippen molar-refractivity contribution in [3.63, 3.8) is 0 Å². The Hall–Kier alpha value is -1.88. The van der Waals surface area contributed by atoms with Crippen molar-refractivity contribution in [1.82, 2.24) is 20.3 Å². The summed E-state index contributed by atoms with van der Waals surface area (Å²) in [4.78, 5) is 12.6. The van der Waals surface area contributed by atoms with Crippen LogP contribution in [0.3, 0.4) is 0 Å². The molecule has 1 aromatic carbocycles. The standard InChI is InChI=1S/C19H18Cl2N4.2C2H6/c20-15-2-1-14(11-16(15)21)18-17(12-3-7-22-8-4-12)24-19(25-18)13-5-9-23-10-6-13;2*1-2/h1-4,7-8,11,13,23H,5-6,9-10H2,(H,24,25);2*1-2H3. The van der Waals surface area contributed by atoms with Crippen molar-refractivity contribution in [2.75, 3.05) is 13.1 Å². The second kappa shape index (κ2) is 12.0. The maximum absolute atomic E-state index is 6.23. The summed E-state index contributed by atoms with van der Waals surface area (Å²) < 4.78 is 0. The Kier molecular flexibility index (Phi) is 9.65. The Morgan fingerprint density at radius 1 is 0.862 bits per heavy atom. The SMILES string of the molecule is CC.CC.Clc1ccc(-c2nc(C3CCNCC3)[nH]c2-c2ccncc2)cc1Cl. The third kappa shape index (κ3) is 5.81. The van der Waals surface area contributed by atoms with Crippen molar-refractivity contribution in [1.29, 1.82) is 0 Å². The third-order valence-corrected chi connectivity index (χ3v) is 5.35. The molecule has 1 aliphatic rings. The highest BCUT2D eigenvalue weighted by molar-refractivity contribution is 6.42. The average Bonchev–Trinajstić information content (AvgIpc) is 3.25. The fourth-order valence-corrected chi connectivity index (χ4v) is 3.56. The van der Waals surface area contributed by atoms with Gasteiger partial charge in [-0.2, -0.15) is 0 Å². The Balaban J connectivity index is 0.000000707. The number of pyridine rings is 1. The minimum absolute atomic E-state index is 0.443. The second-order valence-corrected chi connectivity index (χ2v) is 7.05. The smallest absolute Gasteiger partial charge is 0.110 e. The number of benzene rings is 1. The lowest BCUT2D eigenvalue weighted by Gasteiger charge is -2.20. The van der Waals surface area contributed by atoms with E-state index in [4.69, 9.17) is 28.2 Å². The normalized spacial score (nSPS) is 13.7. The number of nitrogens with zero attached hydrogens (tertiary/aromatic N) is 2. The lowest BCUT2D eigenvalue weighted by atomic mass is 9.98. The molecule has 0 amide bonds. The minimum Gasteiger partial charge on any atom is -0.341 e. The van der Waals surface area contributed by atoms with Gasteiger partial charge in [-0.3, -0.25) is 4.98 Å². The number of halogens is 2. The van der Waals surface area contributed by atoms with E-state index in [0.29, 0.717) is 16.0 Å². The van der Waals surface area contributed by atoms with Gasteiger partial charge in [-0.1, -0.05) is 57.0 Å². The van der Waals surface area contributed by atoms with E-state index in [2.05, 4.69) is 15.3 Å². The molecule has 29 heavy (non-hydrogen) atoms. The molecule has 2 aromatic heterocycles. The van der Waals surface area contributed by atoms with Gasteiger partial charge in [0, 0.05) is 29.4 Å². The molecule has 0 saturated carbocycles. The summed E-state index contributed by atoms with van der Waals surface area (Å²) in [7, 11) is 0. The zero-order valence-corrected chi connectivity index (χ0v) is 19.1. The molecule has 0 aliphatic carbocycles. The van der Waals surface area contributed by atoms with E-state index in [9.17, 15) is 0 Å². The molecule has 156 valence electrons. The van der Waals surface area contributed by atoms with E-state index in [1.165, 1.54) is 0 Å². The van der Waals surface area contributed by atoms with E-state index >= 15 is 0 Å². The molecule has 2 N–H and O–H groups in total. The van der Waals surface area contributed by atoms with Crippen LogP contribution in [-0.4, -0.2) is 28.0 Å². The van der Waals surface area contributed by atoms with Crippen molar-refractivity contribution in [3.05, 3.63) is 58.6 Å². The first-order valence-corrected chi connectivity index (χ1v) is 11.1. The van der Waals surface area contributed by atoms with Gasteiger partial charge in [0.2, 0.25) is 0 Å². The van der Waals surface area contributed by atoms with Crippen LogP contribution >= 0.6 is 23.2 Å². The van der Waals surface area contributed by atoms with Gasteiger partial charge in [-0.15, -0.1) is 0 Å². The van der Waals surface area contributed by atoms with Crippen LogP contribution in [0.1, 0.15) is 52.3 Å². The molecule has 0 atom stereocenters. The van der Waals surface area contributed by atoms with E-state index in [1.807, 2.05) is 58.0 Å². The predicted octanol–water partition coefficient (Wildman–Crippen LogP) is 6.96. The highest BCUT2D eigenvalue weighted by atomic mass is 35.5. The first kappa shape index (κ1) is 23.4. The number of imidazole rings is 1. The van der Waals surface area contributed by atoms with E-state index in [1.54, 1.807) is 12.4 Å². The third-order valence-electron chi connectivity index (χ3n) is 4.61. The van der Waals surface area contributed by atoms with Gasteiger partial charge in [0.1, 0.15) is 5.82 Å². The Morgan fingerprint density at radius 3 is 2.14 bits per heavy atom. The van der Waals surface area contributed by atoms with Gasteiger partial charge < -0.3 is 10.3 Å². The van der Waals surface area contributed by atoms with Crippen LogP contribution < -0.4 is 5.32 Å². The monoisotopic (exact) mass is 432 g/mol. The number of aromatic amines is 1. The molecular formula is C23H30Cl2N4. The molecule has 1 saturated heterocycles. The van der Waals surface area contributed by atoms with E-state index < -0.39 is 0 Å². The van der Waals surface area contributed by atoms with Crippen LogP contribution in [0, 0.1) is 0 Å². The first-order chi connectivity index (χ1) is 14.2. The van der Waals surface area contributed by atoms with Gasteiger partial charge in [-0.25, -0.2) is 4.98 Å². The van der Waals surface area contributed by atoms with Crippen molar-refractivity contribution in [2.24, 2.45) is 0 Å². The zero-order valence-electron chi connectivity index (χ0n) is 17.6. The topological polar surface area (TPSA) is 53.6 Å². The summed E-state index contributed by atoms with van der Waals surface area (Å²) in [6.45, 7) is 10.1. The molecule has 0 unspecified atom stereocenters. The van der Waals surface area contributed by atoms with Gasteiger partial charge in [-0.05, 0) is 50.2 Å². The summed E-state index contributed by atoms with van der Waals surface area (Å²) in [5, 5.41) is 4.48. The Morgan fingerprint density at radius 2 is 1.52 bits per heavy atom. The summed E-state index contributed by atoms with van der Waals surface area (Å²) in [5.41, 5.74) is 3.91. The summed E-state index contributed by atoms with van der Waals surface area (Å²) in [5.74, 6) is 1.48. The predicted molar refractivity (Wildman–Crippen MR) is 125 cm³/mol. The van der Waals surface area contributed by atoms with Crippen molar-refractivity contribution in [2.45, 2.75) is 46.5 Å². The van der Waals surface area contributed by atoms with Crippen LogP contribution in [0.2, 0.25) is 10.0 Å². The number of hydrogen-bond donors (Lipinski definition) is 2. The number of H-pyrrole nitrogens is 1. The number of rotatable bonds is 3. The van der Waals surface area contributed by atoms with Crippen molar-refractivity contribution < 1.29 is 0 Å². The number of piperidine rings is 1. The van der Waals surface area contributed by atoms with Gasteiger partial charge in [0.25, 0.3) is 0 Å². The molecule has 0 bridgehead atoms. The van der Waals surface area contributed by atoms with Gasteiger partial charge >= 0.3 is 0 Å². The lowest BCUT2D eigenvalue weighted by Crippen LogP contribution is -2.27. The Labute approximate surface area is 184 Å². The lowest BCUT2D eigenvalue weighted by molar-refractivity contribution is 0.447. The zero-order chi connectivity index (χ0) is 21.2. The summed E-state index contributed by atoms with van der Waals surface area (Å²) >= 11 is 12.3. The highest BCUT2D eigenvalue weighted by Crippen LogP contribution is 2.36. The molecule has 3 heterocycles. The van der Waals surface area contributed by atoms with Crippen LogP contribution in [-0.2, 0) is 0 Å². The largest absolute Gasteiger partial charge is 0.341 e. The molecule has 1 fully saturated rings. The maximum Gasteiger partial charge on any atom is 0.110 e. The summed E-state index contributed by atoms with van der Waals surface area (Å²) in [6.07, 6.45) is 5.76. The number of aromatic nitrogens is 3. The van der Waals surface area contributed by atoms with Crippen LogP contribution in [0.4, 0.5) is 0 Å². The number of nitrogens with one attached hydrogen (secondary N) is 2. The van der Waals surface area contributed by atoms with Crippen LogP contribution in [0.25, 0.3) is 22.5 Å². The fraction of sp³-hybridized carbons (Fsp3) is 0.391.